The van der Waals surface area contributed by atoms with Gasteiger partial charge in [-0.15, -0.1) is 0 Å². The Morgan fingerprint density at radius 1 is 1.05 bits per heavy atom. The summed E-state index contributed by atoms with van der Waals surface area (Å²) in [4.78, 5) is 31.7. The quantitative estimate of drug-likeness (QED) is 0.266. The number of carbonyl (C=O) groups is 1. The number of amides is 1. The Balaban J connectivity index is 1.17. The molecule has 5 heterocycles. The second-order valence-electron chi connectivity index (χ2n) is 11.6. The molecule has 0 radical (unpaired) electrons. The van der Waals surface area contributed by atoms with E-state index in [1.54, 1.807) is 41.7 Å². The number of ether oxygens (including phenoxy) is 1. The monoisotopic (exact) mass is 606 g/mol. The first-order valence-corrected chi connectivity index (χ1v) is 15.2. The van der Waals surface area contributed by atoms with Gasteiger partial charge in [-0.05, 0) is 53.9 Å². The fourth-order valence-electron chi connectivity index (χ4n) is 6.26. The predicted octanol–water partition coefficient (Wildman–Crippen LogP) is 5.99. The SMILES string of the molecule is CC[C@@H]1CN(C(=O)Cc2ccc(CN3CCN(CC)CC3)c(C(F)(F)F)c2)Cc2cc(Oc3ccnc4[nH]ccc34)cnc21. The number of hydrogen-bond donors (Lipinski definition) is 1. The van der Waals surface area contributed by atoms with E-state index in [-0.39, 0.29) is 30.4 Å². The van der Waals surface area contributed by atoms with Crippen molar-refractivity contribution in [3.8, 4) is 11.5 Å². The van der Waals surface area contributed by atoms with Crippen LogP contribution in [0.2, 0.25) is 0 Å². The molecule has 8 nitrogen and oxygen atoms in total. The van der Waals surface area contributed by atoms with Crippen LogP contribution in [0.5, 0.6) is 11.5 Å². The number of fused-ring (bicyclic) bond motifs is 2. The summed E-state index contributed by atoms with van der Waals surface area (Å²) in [6.07, 6.45) is 1.33. The number of nitrogens with one attached hydrogen (secondary N) is 1. The van der Waals surface area contributed by atoms with Crippen LogP contribution in [0, 0.1) is 0 Å². The number of aromatic amines is 1. The van der Waals surface area contributed by atoms with Gasteiger partial charge in [0.05, 0.1) is 29.3 Å². The number of H-pyrrole nitrogens is 1. The number of alkyl halides is 3. The lowest BCUT2D eigenvalue weighted by Gasteiger charge is -2.34. The van der Waals surface area contributed by atoms with Crippen LogP contribution in [-0.4, -0.2) is 74.8 Å². The van der Waals surface area contributed by atoms with E-state index in [1.165, 1.54) is 0 Å². The van der Waals surface area contributed by atoms with Gasteiger partial charge in [0.25, 0.3) is 0 Å². The maximum Gasteiger partial charge on any atom is 0.416 e. The largest absolute Gasteiger partial charge is 0.455 e. The molecular formula is C33H37F3N6O2. The first-order valence-electron chi connectivity index (χ1n) is 15.2. The summed E-state index contributed by atoms with van der Waals surface area (Å²) in [7, 11) is 0. The standard InChI is InChI=1S/C33H37F3N6O2/c1-3-23-20-42(21-25-17-26(18-39-31(23)25)44-29-8-10-38-32-27(29)7-9-37-32)30(43)16-22-5-6-24(28(15-22)33(34,35)36)19-41-13-11-40(4-2)12-14-41/h5-10,15,17-18,23H,3-4,11-14,16,19-21H2,1-2H3,(H,37,38)/t23-/m1/s1. The average Bonchev–Trinajstić information content (AvgIpc) is 3.51. The summed E-state index contributed by atoms with van der Waals surface area (Å²) in [5.74, 6) is 1.000. The van der Waals surface area contributed by atoms with E-state index in [0.29, 0.717) is 35.8 Å². The Kier molecular flexibility index (Phi) is 8.59. The molecule has 1 amide bonds. The van der Waals surface area contributed by atoms with Gasteiger partial charge >= 0.3 is 6.18 Å². The molecule has 0 bridgehead atoms. The maximum atomic E-state index is 14.2. The summed E-state index contributed by atoms with van der Waals surface area (Å²) in [5, 5.41) is 0.844. The molecule has 3 aromatic heterocycles. The molecule has 1 atom stereocenters. The maximum absolute atomic E-state index is 14.2. The highest BCUT2D eigenvalue weighted by Gasteiger charge is 2.35. The van der Waals surface area contributed by atoms with Crippen LogP contribution in [0.25, 0.3) is 11.0 Å². The molecule has 1 fully saturated rings. The van der Waals surface area contributed by atoms with Crippen molar-refractivity contribution in [2.45, 2.75) is 51.9 Å². The Bertz CT molecular complexity index is 1630. The van der Waals surface area contributed by atoms with Gasteiger partial charge in [-0.2, -0.15) is 13.2 Å². The van der Waals surface area contributed by atoms with Crippen molar-refractivity contribution in [2.75, 3.05) is 39.3 Å². The third-order valence-electron chi connectivity index (χ3n) is 8.80. The smallest absolute Gasteiger partial charge is 0.416 e. The zero-order chi connectivity index (χ0) is 30.8. The Morgan fingerprint density at radius 2 is 1.84 bits per heavy atom. The number of aromatic nitrogens is 3. The molecule has 1 N–H and O–H groups in total. The number of piperazine rings is 1. The molecule has 4 aromatic rings. The van der Waals surface area contributed by atoms with E-state index in [1.807, 2.05) is 19.1 Å². The van der Waals surface area contributed by atoms with E-state index < -0.39 is 11.7 Å². The fraction of sp³-hybridized carbons (Fsp3) is 0.424. The zero-order valence-electron chi connectivity index (χ0n) is 25.0. The second-order valence-corrected chi connectivity index (χ2v) is 11.6. The molecule has 0 unspecified atom stereocenters. The molecule has 1 saturated heterocycles. The molecular weight excluding hydrogens is 569 g/mol. The van der Waals surface area contributed by atoms with Gasteiger partial charge in [-0.1, -0.05) is 26.0 Å². The molecule has 232 valence electrons. The summed E-state index contributed by atoms with van der Waals surface area (Å²) < 4.78 is 48.7. The molecule has 0 spiro atoms. The lowest BCUT2D eigenvalue weighted by atomic mass is 9.92. The number of nitrogens with zero attached hydrogens (tertiary/aromatic N) is 5. The Morgan fingerprint density at radius 3 is 2.59 bits per heavy atom. The summed E-state index contributed by atoms with van der Waals surface area (Å²) in [5.41, 5.74) is 2.48. The lowest BCUT2D eigenvalue weighted by Crippen LogP contribution is -2.45. The first kappa shape index (κ1) is 30.1. The van der Waals surface area contributed by atoms with Crippen molar-refractivity contribution in [3.05, 3.63) is 82.9 Å². The molecule has 11 heteroatoms. The minimum Gasteiger partial charge on any atom is -0.455 e. The first-order chi connectivity index (χ1) is 21.2. The molecule has 2 aliphatic rings. The highest BCUT2D eigenvalue weighted by Crippen LogP contribution is 2.36. The second kappa shape index (κ2) is 12.6. The van der Waals surface area contributed by atoms with Crippen molar-refractivity contribution in [3.63, 3.8) is 0 Å². The van der Waals surface area contributed by atoms with Crippen LogP contribution in [0.1, 0.15) is 54.1 Å². The Hall–Kier alpha value is -3.96. The van der Waals surface area contributed by atoms with Crippen LogP contribution >= 0.6 is 0 Å². The summed E-state index contributed by atoms with van der Waals surface area (Å²) in [6.45, 7) is 9.30. The topological polar surface area (TPSA) is 77.6 Å². The third kappa shape index (κ3) is 6.44. The minimum atomic E-state index is -4.50. The van der Waals surface area contributed by atoms with E-state index in [0.717, 1.165) is 61.9 Å². The van der Waals surface area contributed by atoms with Crippen molar-refractivity contribution in [1.82, 2.24) is 29.7 Å². The molecule has 6 rings (SSSR count). The number of benzene rings is 1. The highest BCUT2D eigenvalue weighted by atomic mass is 19.4. The van der Waals surface area contributed by atoms with Crippen LogP contribution in [0.3, 0.4) is 0 Å². The van der Waals surface area contributed by atoms with Crippen LogP contribution in [-0.2, 0) is 30.5 Å². The van der Waals surface area contributed by atoms with Gasteiger partial charge in [0, 0.05) is 64.1 Å². The number of halogens is 3. The van der Waals surface area contributed by atoms with Gasteiger partial charge in [-0.3, -0.25) is 14.7 Å². The number of hydrogen-bond acceptors (Lipinski definition) is 6. The molecule has 0 saturated carbocycles. The normalized spacial score (nSPS) is 18.0. The van der Waals surface area contributed by atoms with Crippen LogP contribution in [0.15, 0.2) is 55.0 Å². The van der Waals surface area contributed by atoms with Gasteiger partial charge in [-0.25, -0.2) is 4.98 Å². The van der Waals surface area contributed by atoms with Gasteiger partial charge in [0.2, 0.25) is 5.91 Å². The molecule has 2 aliphatic heterocycles. The van der Waals surface area contributed by atoms with E-state index in [2.05, 4.69) is 26.7 Å². The van der Waals surface area contributed by atoms with Crippen molar-refractivity contribution in [2.24, 2.45) is 0 Å². The zero-order valence-corrected chi connectivity index (χ0v) is 25.0. The number of likely N-dealkylation sites (N-methyl/N-ethyl adjacent to an activating group) is 1. The van der Waals surface area contributed by atoms with Gasteiger partial charge in [0.15, 0.2) is 0 Å². The Labute approximate surface area is 254 Å². The lowest BCUT2D eigenvalue weighted by molar-refractivity contribution is -0.139. The number of pyridine rings is 2. The van der Waals surface area contributed by atoms with Gasteiger partial charge in [0.1, 0.15) is 17.1 Å². The predicted molar refractivity (Wildman–Crippen MR) is 161 cm³/mol. The highest BCUT2D eigenvalue weighted by molar-refractivity contribution is 5.82. The molecule has 0 aliphatic carbocycles. The molecule has 44 heavy (non-hydrogen) atoms. The third-order valence-corrected chi connectivity index (χ3v) is 8.80. The van der Waals surface area contributed by atoms with Crippen LogP contribution < -0.4 is 4.74 Å². The fourth-order valence-corrected chi connectivity index (χ4v) is 6.26. The van der Waals surface area contributed by atoms with Crippen molar-refractivity contribution >= 4 is 16.9 Å². The summed E-state index contributed by atoms with van der Waals surface area (Å²) >= 11 is 0. The average molecular weight is 607 g/mol. The number of carbonyl (C=O) groups excluding carboxylic acids is 1. The van der Waals surface area contributed by atoms with E-state index in [9.17, 15) is 18.0 Å². The van der Waals surface area contributed by atoms with Crippen LogP contribution in [0.4, 0.5) is 13.2 Å². The van der Waals surface area contributed by atoms with E-state index in [4.69, 9.17) is 9.72 Å². The number of rotatable bonds is 8. The summed E-state index contributed by atoms with van der Waals surface area (Å²) in [6, 6.07) is 9.96. The van der Waals surface area contributed by atoms with E-state index >= 15 is 0 Å². The molecule has 1 aromatic carbocycles. The van der Waals surface area contributed by atoms with Crippen molar-refractivity contribution in [1.29, 1.82) is 0 Å². The van der Waals surface area contributed by atoms with Crippen molar-refractivity contribution < 1.29 is 22.7 Å². The minimum absolute atomic E-state index is 0.0235. The van der Waals surface area contributed by atoms with Gasteiger partial charge < -0.3 is 19.5 Å².